The lowest BCUT2D eigenvalue weighted by Gasteiger charge is -2.16. The fraction of sp³-hybridized carbons (Fsp3) is 0.500. The first-order valence-electron chi connectivity index (χ1n) is 5.27. The van der Waals surface area contributed by atoms with Crippen molar-refractivity contribution in [2.75, 3.05) is 0 Å². The molecule has 1 heterocycles. The highest BCUT2D eigenvalue weighted by Gasteiger charge is 2.44. The minimum absolute atomic E-state index is 0.334. The van der Waals surface area contributed by atoms with Crippen LogP contribution in [0.2, 0.25) is 0 Å². The number of nitrogens with zero attached hydrogens (tertiary/aromatic N) is 3. The number of sulfone groups is 2. The van der Waals surface area contributed by atoms with E-state index >= 15 is 0 Å². The van der Waals surface area contributed by atoms with Gasteiger partial charge in [-0.05, 0) is 143 Å². The summed E-state index contributed by atoms with van der Waals surface area (Å²) in [6.07, 6.45) is 0. The maximum absolute atomic E-state index is 12.5. The lowest BCUT2D eigenvalue weighted by Crippen LogP contribution is -2.26. The van der Waals surface area contributed by atoms with Crippen molar-refractivity contribution < 1.29 is 26.1 Å². The molecular weight excluding hydrogens is 1030 g/mol. The van der Waals surface area contributed by atoms with E-state index in [4.69, 9.17) is 9.22 Å². The Morgan fingerprint density at radius 3 is 1.37 bits per heavy atom. The Kier molecular flexibility index (Phi) is 10.8. The molecule has 21 heteroatoms. The second-order valence-electron chi connectivity index (χ2n) is 3.76. The molecule has 0 aliphatic heterocycles. The molecule has 0 bridgehead atoms. The Bertz CT molecular complexity index is 845. The summed E-state index contributed by atoms with van der Waals surface area (Å²) in [5.74, 6) is 0. The quantitative estimate of drug-likeness (QED) is 0.156. The average molecular weight is 1030 g/mol. The van der Waals surface area contributed by atoms with Crippen LogP contribution in [0.15, 0.2) is 15.5 Å². The zero-order valence-electron chi connectivity index (χ0n) is 11.4. The normalized spacial score (nSPS) is 14.4. The van der Waals surface area contributed by atoms with Crippen LogP contribution in [0.3, 0.4) is 0 Å². The van der Waals surface area contributed by atoms with E-state index in [2.05, 4.69) is 158 Å². The molecule has 0 saturated heterocycles. The molecule has 0 saturated carbocycles. The van der Waals surface area contributed by atoms with Crippen LogP contribution in [0.5, 0.6) is 0 Å². The summed E-state index contributed by atoms with van der Waals surface area (Å²) in [5.41, 5.74) is 0. The van der Waals surface area contributed by atoms with E-state index in [0.29, 0.717) is 12.0 Å². The standard InChI is InChI=1S/C6Br9N3O6S3/c7-4(8,9)23-24-25-1-16-2(26(19,20)5(10,11)12)18-3(17-1)27(21,22)6(13,14)15. The summed E-state index contributed by atoms with van der Waals surface area (Å²) in [4.78, 5) is 15.7. The van der Waals surface area contributed by atoms with Gasteiger partial charge in [-0.25, -0.2) is 16.8 Å². The monoisotopic (exact) mass is 1020 g/mol. The van der Waals surface area contributed by atoms with Crippen molar-refractivity contribution in [1.29, 1.82) is 0 Å². The van der Waals surface area contributed by atoms with Crippen molar-refractivity contribution in [2.24, 2.45) is 0 Å². The molecular formula is C6Br9N3O6S3. The number of rotatable bonds is 5. The molecule has 9 nitrogen and oxygen atoms in total. The van der Waals surface area contributed by atoms with E-state index in [-0.39, 0.29) is 0 Å². The van der Waals surface area contributed by atoms with E-state index in [9.17, 15) is 16.8 Å². The molecule has 0 unspecified atom stereocenters. The summed E-state index contributed by atoms with van der Waals surface area (Å²) in [6, 6.07) is 0. The number of halogens is 9. The molecule has 1 aromatic heterocycles. The molecule has 0 radical (unpaired) electrons. The Morgan fingerprint density at radius 2 is 1.07 bits per heavy atom. The zero-order chi connectivity index (χ0) is 21.5. The third kappa shape index (κ3) is 8.09. The maximum Gasteiger partial charge on any atom is 0.266 e. The number of alkyl halides is 9. The third-order valence-electron chi connectivity index (χ3n) is 1.90. The molecule has 27 heavy (non-hydrogen) atoms. The van der Waals surface area contributed by atoms with Gasteiger partial charge < -0.3 is 0 Å². The van der Waals surface area contributed by atoms with Crippen LogP contribution >= 0.6 is 155 Å². The molecule has 0 atom stereocenters. The molecule has 0 aliphatic rings. The molecule has 0 fully saturated rings. The Balaban J connectivity index is 3.54. The lowest BCUT2D eigenvalue weighted by molar-refractivity contribution is -0.184. The highest BCUT2D eigenvalue weighted by atomic mass is 80.0. The number of aromatic nitrogens is 3. The largest absolute Gasteiger partial charge is 0.266 e. The molecule has 0 aromatic carbocycles. The van der Waals surface area contributed by atoms with Crippen molar-refractivity contribution in [1.82, 2.24) is 15.0 Å². The Morgan fingerprint density at radius 1 is 0.704 bits per heavy atom. The molecule has 0 amide bonds. The van der Waals surface area contributed by atoms with Gasteiger partial charge in [-0.3, -0.25) is 0 Å². The number of hydrogen-bond donors (Lipinski definition) is 0. The van der Waals surface area contributed by atoms with Gasteiger partial charge >= 0.3 is 0 Å². The van der Waals surface area contributed by atoms with Gasteiger partial charge in [0, 0.05) is 0 Å². The van der Waals surface area contributed by atoms with Crippen LogP contribution in [-0.2, 0) is 28.9 Å². The van der Waals surface area contributed by atoms with Crippen molar-refractivity contribution in [3.63, 3.8) is 0 Å². The van der Waals surface area contributed by atoms with Gasteiger partial charge in [0.1, 0.15) is 12.0 Å². The molecule has 0 spiro atoms. The van der Waals surface area contributed by atoms with E-state index in [0.717, 1.165) is 0 Å². The van der Waals surface area contributed by atoms with Crippen LogP contribution in [0.4, 0.5) is 0 Å². The van der Waals surface area contributed by atoms with E-state index < -0.39 is 40.4 Å². The Hall–Kier alpha value is 3.50. The van der Waals surface area contributed by atoms with Gasteiger partial charge in [0.2, 0.25) is 27.8 Å². The van der Waals surface area contributed by atoms with Crippen molar-refractivity contribution in [3.8, 4) is 0 Å². The molecule has 156 valence electrons. The van der Waals surface area contributed by atoms with E-state index in [1.54, 1.807) is 0 Å². The third-order valence-corrected chi connectivity index (χ3v) is 13.0. The topological polar surface area (TPSA) is 125 Å². The first-order valence-corrected chi connectivity index (χ1v) is 16.1. The van der Waals surface area contributed by atoms with Crippen LogP contribution in [-0.4, -0.2) is 37.1 Å². The lowest BCUT2D eigenvalue weighted by atomic mass is 11.1. The molecule has 1 aromatic rings. The Labute approximate surface area is 233 Å². The minimum atomic E-state index is -4.34. The smallest absolute Gasteiger partial charge is 0.217 e. The van der Waals surface area contributed by atoms with Crippen LogP contribution < -0.4 is 0 Å². The second kappa shape index (κ2) is 10.2. The van der Waals surface area contributed by atoms with Crippen LogP contribution in [0.1, 0.15) is 0 Å². The molecule has 0 aliphatic carbocycles. The van der Waals surface area contributed by atoms with Gasteiger partial charge in [0.25, 0.3) is 12.6 Å². The van der Waals surface area contributed by atoms with Gasteiger partial charge in [-0.2, -0.15) is 24.2 Å². The molecule has 1 rings (SSSR count). The summed E-state index contributed by atoms with van der Waals surface area (Å²) in [7, 11) is -8.68. The molecule has 0 N–H and O–H groups in total. The zero-order valence-corrected chi connectivity index (χ0v) is 28.1. The predicted octanol–water partition coefficient (Wildman–Crippen LogP) is 5.76. The summed E-state index contributed by atoms with van der Waals surface area (Å²) in [6.45, 7) is 0. The average Bonchev–Trinajstić information content (AvgIpc) is 2.43. The first-order chi connectivity index (χ1) is 11.8. The highest BCUT2D eigenvalue weighted by molar-refractivity contribution is 9.42. The predicted molar refractivity (Wildman–Crippen MR) is 131 cm³/mol. The van der Waals surface area contributed by atoms with Gasteiger partial charge in [0.15, 0.2) is 0 Å². The summed E-state index contributed by atoms with van der Waals surface area (Å²) < 4.78 is 50.0. The fourth-order valence-electron chi connectivity index (χ4n) is 0.891. The van der Waals surface area contributed by atoms with E-state index in [1.165, 1.54) is 0 Å². The van der Waals surface area contributed by atoms with Crippen molar-refractivity contribution in [2.45, 2.75) is 20.7 Å². The summed E-state index contributed by atoms with van der Waals surface area (Å²) in [5, 5.41) is -2.16. The second-order valence-corrected chi connectivity index (χ2v) is 31.6. The SMILES string of the molecule is O=S(=O)(c1nc(SOOC(Br)(Br)Br)nc(S(=O)(=O)C(Br)(Br)Br)n1)C(Br)(Br)Br. The number of hydrogen-bond acceptors (Lipinski definition) is 10. The van der Waals surface area contributed by atoms with Gasteiger partial charge in [0.05, 0.1) is 0 Å². The van der Waals surface area contributed by atoms with Crippen molar-refractivity contribution in [3.05, 3.63) is 0 Å². The maximum atomic E-state index is 12.5. The fourth-order valence-corrected chi connectivity index (χ4v) is 5.82. The van der Waals surface area contributed by atoms with Crippen molar-refractivity contribution >= 4 is 175 Å². The van der Waals surface area contributed by atoms with Crippen LogP contribution in [0.25, 0.3) is 0 Å². The highest BCUT2D eigenvalue weighted by Crippen LogP contribution is 2.45. The van der Waals surface area contributed by atoms with Crippen LogP contribution in [0, 0.1) is 0 Å². The summed E-state index contributed by atoms with van der Waals surface area (Å²) >= 11 is 26.3. The first kappa shape index (κ1) is 28.5. The minimum Gasteiger partial charge on any atom is -0.217 e. The van der Waals surface area contributed by atoms with Gasteiger partial charge in [-0.15, -0.1) is 0 Å². The van der Waals surface area contributed by atoms with E-state index in [1.807, 2.05) is 0 Å². The van der Waals surface area contributed by atoms with Gasteiger partial charge in [-0.1, -0.05) is 0 Å².